The lowest BCUT2D eigenvalue weighted by atomic mass is 10.1. The zero-order chi connectivity index (χ0) is 15.1. The number of aliphatic hydroxyl groups is 1. The highest BCUT2D eigenvalue weighted by Crippen LogP contribution is 2.13. The molecule has 0 spiro atoms. The molecular weight excluding hydrogens is 286 g/mol. The third-order valence-electron chi connectivity index (χ3n) is 3.93. The first-order chi connectivity index (χ1) is 10.1. The maximum Gasteiger partial charge on any atom is 0.0897 e. The fourth-order valence-electron chi connectivity index (χ4n) is 2.66. The number of nitrogens with zero attached hydrogens (tertiary/aromatic N) is 2. The molecule has 2 unspecified atom stereocenters. The van der Waals surface area contributed by atoms with E-state index in [1.165, 1.54) is 17.8 Å². The molecule has 1 saturated heterocycles. The van der Waals surface area contributed by atoms with Crippen molar-refractivity contribution in [2.45, 2.75) is 25.9 Å². The number of likely N-dealkylation sites (tertiary alicyclic amines) is 1. The largest absolute Gasteiger partial charge is 0.389 e. The monoisotopic (exact) mass is 313 g/mol. The van der Waals surface area contributed by atoms with E-state index >= 15 is 0 Å². The smallest absolute Gasteiger partial charge is 0.0897 e. The highest BCUT2D eigenvalue weighted by atomic mass is 32.1. The standard InChI is InChI=1S/C15H27N3O2S/c1-12-15(21-11-17-12)4-6-20-10-14(19)8-16-7-13-3-5-18(2)9-13/h11,13-14,16,19H,3-10H2,1-2H3. The quantitative estimate of drug-likeness (QED) is 0.664. The van der Waals surface area contributed by atoms with Gasteiger partial charge in [0.1, 0.15) is 0 Å². The van der Waals surface area contributed by atoms with Gasteiger partial charge in [0.15, 0.2) is 0 Å². The Hall–Kier alpha value is -0.530. The molecule has 0 amide bonds. The molecule has 0 radical (unpaired) electrons. The van der Waals surface area contributed by atoms with Gasteiger partial charge < -0.3 is 20.1 Å². The Kier molecular flexibility index (Phi) is 7.06. The van der Waals surface area contributed by atoms with Crippen molar-refractivity contribution in [3.05, 3.63) is 16.1 Å². The molecule has 0 aliphatic carbocycles. The van der Waals surface area contributed by atoms with E-state index < -0.39 is 6.10 Å². The number of ether oxygens (including phenoxy) is 1. The molecule has 2 rings (SSSR count). The highest BCUT2D eigenvalue weighted by Gasteiger charge is 2.18. The molecule has 2 heterocycles. The number of rotatable bonds is 9. The molecule has 120 valence electrons. The van der Waals surface area contributed by atoms with E-state index in [1.807, 2.05) is 12.4 Å². The second-order valence-corrected chi connectivity index (χ2v) is 6.85. The van der Waals surface area contributed by atoms with Crippen LogP contribution < -0.4 is 5.32 Å². The van der Waals surface area contributed by atoms with Gasteiger partial charge in [0.25, 0.3) is 0 Å². The van der Waals surface area contributed by atoms with Gasteiger partial charge in [-0.05, 0) is 39.4 Å². The Morgan fingerprint density at radius 2 is 2.48 bits per heavy atom. The molecular formula is C15H27N3O2S. The van der Waals surface area contributed by atoms with Crippen LogP contribution in [0.2, 0.25) is 0 Å². The number of aryl methyl sites for hydroxylation is 1. The first kappa shape index (κ1) is 16.8. The van der Waals surface area contributed by atoms with Gasteiger partial charge in [0.05, 0.1) is 30.5 Å². The van der Waals surface area contributed by atoms with Crippen LogP contribution >= 0.6 is 11.3 Å². The van der Waals surface area contributed by atoms with Gasteiger partial charge in [-0.3, -0.25) is 0 Å². The Labute approximate surface area is 131 Å². The summed E-state index contributed by atoms with van der Waals surface area (Å²) in [5, 5.41) is 13.2. The number of thiazole rings is 1. The van der Waals surface area contributed by atoms with Crippen molar-refractivity contribution >= 4 is 11.3 Å². The second kappa shape index (κ2) is 8.80. The summed E-state index contributed by atoms with van der Waals surface area (Å²) in [6.07, 6.45) is 1.71. The summed E-state index contributed by atoms with van der Waals surface area (Å²) >= 11 is 1.67. The number of hydrogen-bond donors (Lipinski definition) is 2. The third-order valence-corrected chi connectivity index (χ3v) is 4.93. The topological polar surface area (TPSA) is 57.6 Å². The summed E-state index contributed by atoms with van der Waals surface area (Å²) in [4.78, 5) is 7.84. The molecule has 2 N–H and O–H groups in total. The summed E-state index contributed by atoms with van der Waals surface area (Å²) in [5.74, 6) is 0.720. The van der Waals surface area contributed by atoms with E-state index in [2.05, 4.69) is 22.2 Å². The van der Waals surface area contributed by atoms with Crippen molar-refractivity contribution in [2.24, 2.45) is 5.92 Å². The van der Waals surface area contributed by atoms with Crippen LogP contribution in [0, 0.1) is 12.8 Å². The van der Waals surface area contributed by atoms with Crippen molar-refractivity contribution in [3.8, 4) is 0 Å². The van der Waals surface area contributed by atoms with Crippen LogP contribution in [-0.4, -0.2) is 67.5 Å². The zero-order valence-corrected chi connectivity index (χ0v) is 13.9. The molecule has 0 saturated carbocycles. The van der Waals surface area contributed by atoms with Gasteiger partial charge in [-0.2, -0.15) is 0 Å². The lowest BCUT2D eigenvalue weighted by Crippen LogP contribution is -2.34. The summed E-state index contributed by atoms with van der Waals surface area (Å²) in [5.41, 5.74) is 2.96. The SMILES string of the molecule is Cc1ncsc1CCOCC(O)CNCC1CCN(C)C1. The molecule has 1 aliphatic rings. The Bertz CT molecular complexity index is 413. The van der Waals surface area contributed by atoms with Crippen molar-refractivity contribution in [3.63, 3.8) is 0 Å². The number of hydrogen-bond acceptors (Lipinski definition) is 6. The number of aromatic nitrogens is 1. The molecule has 0 aromatic carbocycles. The Morgan fingerprint density at radius 3 is 3.14 bits per heavy atom. The fourth-order valence-corrected chi connectivity index (χ4v) is 3.42. The molecule has 21 heavy (non-hydrogen) atoms. The third kappa shape index (κ3) is 6.00. The van der Waals surface area contributed by atoms with Crippen LogP contribution in [0.15, 0.2) is 5.51 Å². The number of aliphatic hydroxyl groups excluding tert-OH is 1. The lowest BCUT2D eigenvalue weighted by molar-refractivity contribution is 0.0381. The van der Waals surface area contributed by atoms with Crippen LogP contribution in [-0.2, 0) is 11.2 Å². The summed E-state index contributed by atoms with van der Waals surface area (Å²) in [6, 6.07) is 0. The molecule has 2 atom stereocenters. The fraction of sp³-hybridized carbons (Fsp3) is 0.800. The van der Waals surface area contributed by atoms with Crippen molar-refractivity contribution in [2.75, 3.05) is 46.4 Å². The summed E-state index contributed by atoms with van der Waals surface area (Å²) in [7, 11) is 2.16. The van der Waals surface area contributed by atoms with Gasteiger partial charge in [-0.25, -0.2) is 4.98 Å². The van der Waals surface area contributed by atoms with Gasteiger partial charge >= 0.3 is 0 Å². The van der Waals surface area contributed by atoms with Crippen LogP contribution in [0.3, 0.4) is 0 Å². The molecule has 5 nitrogen and oxygen atoms in total. The summed E-state index contributed by atoms with van der Waals surface area (Å²) in [6.45, 7) is 7.01. The predicted molar refractivity (Wildman–Crippen MR) is 85.9 cm³/mol. The van der Waals surface area contributed by atoms with Gasteiger partial charge in [0.2, 0.25) is 0 Å². The average molecular weight is 313 g/mol. The van der Waals surface area contributed by atoms with E-state index in [0.29, 0.717) is 19.8 Å². The van der Waals surface area contributed by atoms with E-state index in [0.717, 1.165) is 31.1 Å². The normalized spacial score (nSPS) is 21.0. The lowest BCUT2D eigenvalue weighted by Gasteiger charge is -2.15. The molecule has 6 heteroatoms. The first-order valence-electron chi connectivity index (χ1n) is 7.69. The van der Waals surface area contributed by atoms with Crippen LogP contribution in [0.5, 0.6) is 0 Å². The first-order valence-corrected chi connectivity index (χ1v) is 8.57. The average Bonchev–Trinajstić information content (AvgIpc) is 3.04. The predicted octanol–water partition coefficient (Wildman–Crippen LogP) is 0.913. The highest BCUT2D eigenvalue weighted by molar-refractivity contribution is 7.09. The van der Waals surface area contributed by atoms with Crippen molar-refractivity contribution < 1.29 is 9.84 Å². The van der Waals surface area contributed by atoms with Gasteiger partial charge in [0, 0.05) is 24.4 Å². The molecule has 1 aromatic heterocycles. The van der Waals surface area contributed by atoms with Crippen LogP contribution in [0.4, 0.5) is 0 Å². The minimum absolute atomic E-state index is 0.398. The van der Waals surface area contributed by atoms with Crippen LogP contribution in [0.1, 0.15) is 17.0 Å². The Balaban J connectivity index is 1.48. The summed E-state index contributed by atoms with van der Waals surface area (Å²) < 4.78 is 5.54. The molecule has 1 aliphatic heterocycles. The maximum absolute atomic E-state index is 9.88. The van der Waals surface area contributed by atoms with Gasteiger partial charge in [-0.1, -0.05) is 0 Å². The maximum atomic E-state index is 9.88. The zero-order valence-electron chi connectivity index (χ0n) is 13.0. The number of nitrogens with one attached hydrogen (secondary N) is 1. The minimum atomic E-state index is -0.424. The molecule has 1 aromatic rings. The minimum Gasteiger partial charge on any atom is -0.389 e. The van der Waals surface area contributed by atoms with Gasteiger partial charge in [-0.15, -0.1) is 11.3 Å². The van der Waals surface area contributed by atoms with E-state index in [4.69, 9.17) is 4.74 Å². The van der Waals surface area contributed by atoms with E-state index in [9.17, 15) is 5.11 Å². The Morgan fingerprint density at radius 1 is 1.62 bits per heavy atom. The molecule has 1 fully saturated rings. The van der Waals surface area contributed by atoms with E-state index in [-0.39, 0.29) is 0 Å². The van der Waals surface area contributed by atoms with E-state index in [1.54, 1.807) is 11.3 Å². The van der Waals surface area contributed by atoms with Crippen molar-refractivity contribution in [1.29, 1.82) is 0 Å². The second-order valence-electron chi connectivity index (χ2n) is 5.91. The molecule has 0 bridgehead atoms. The van der Waals surface area contributed by atoms with Crippen LogP contribution in [0.25, 0.3) is 0 Å². The van der Waals surface area contributed by atoms with Crippen molar-refractivity contribution in [1.82, 2.24) is 15.2 Å².